The normalized spacial score (nSPS) is 11.2. The molecule has 5 nitrogen and oxygen atoms in total. The molecule has 0 spiro atoms. The number of anilines is 1. The molecule has 0 radical (unpaired) electrons. The third-order valence-corrected chi connectivity index (χ3v) is 4.36. The van der Waals surface area contributed by atoms with Crippen molar-refractivity contribution in [2.45, 2.75) is 26.2 Å². The number of nitrogens with one attached hydrogen (secondary N) is 2. The van der Waals surface area contributed by atoms with Crippen LogP contribution in [0.5, 0.6) is 0 Å². The number of hydrogen-bond acceptors (Lipinski definition) is 5. The Labute approximate surface area is 128 Å². The van der Waals surface area contributed by atoms with Gasteiger partial charge in [-0.3, -0.25) is 4.79 Å². The predicted molar refractivity (Wildman–Crippen MR) is 85.9 cm³/mol. The first-order chi connectivity index (χ1) is 10.0. The van der Waals surface area contributed by atoms with E-state index >= 15 is 0 Å². The van der Waals surface area contributed by atoms with E-state index in [2.05, 4.69) is 40.5 Å². The summed E-state index contributed by atoms with van der Waals surface area (Å²) >= 11 is 1.70. The minimum absolute atomic E-state index is 0.0963. The van der Waals surface area contributed by atoms with Gasteiger partial charge >= 0.3 is 0 Å². The lowest BCUT2D eigenvalue weighted by Crippen LogP contribution is -2.36. The second-order valence-electron chi connectivity index (χ2n) is 5.36. The van der Waals surface area contributed by atoms with Crippen LogP contribution in [-0.4, -0.2) is 29.0 Å². The quantitative estimate of drug-likeness (QED) is 0.861. The molecule has 0 fully saturated rings. The van der Waals surface area contributed by atoms with Crippen LogP contribution in [0, 0.1) is 0 Å². The fraction of sp³-hybridized carbons (Fsp3) is 0.400. The molecule has 0 saturated carbocycles. The smallest absolute Gasteiger partial charge is 0.271 e. The zero-order valence-corrected chi connectivity index (χ0v) is 13.3. The van der Waals surface area contributed by atoms with Crippen LogP contribution in [0.3, 0.4) is 0 Å². The van der Waals surface area contributed by atoms with Crippen molar-refractivity contribution in [1.29, 1.82) is 0 Å². The summed E-state index contributed by atoms with van der Waals surface area (Å²) in [4.78, 5) is 21.6. The molecule has 0 saturated heterocycles. The van der Waals surface area contributed by atoms with Crippen LogP contribution >= 0.6 is 11.3 Å². The molecule has 0 unspecified atom stereocenters. The van der Waals surface area contributed by atoms with Crippen molar-refractivity contribution < 1.29 is 4.79 Å². The Kier molecular flexibility index (Phi) is 4.90. The van der Waals surface area contributed by atoms with Gasteiger partial charge in [-0.2, -0.15) is 0 Å². The van der Waals surface area contributed by atoms with E-state index in [9.17, 15) is 4.79 Å². The molecule has 2 rings (SSSR count). The minimum Gasteiger partial charge on any atom is -0.369 e. The van der Waals surface area contributed by atoms with Crippen molar-refractivity contribution in [3.63, 3.8) is 0 Å². The molecule has 0 aliphatic rings. The summed E-state index contributed by atoms with van der Waals surface area (Å²) in [5.41, 5.74) is 0.236. The Morgan fingerprint density at radius 3 is 2.71 bits per heavy atom. The molecule has 21 heavy (non-hydrogen) atoms. The Bertz CT molecular complexity index is 578. The van der Waals surface area contributed by atoms with Gasteiger partial charge in [0.1, 0.15) is 11.5 Å². The first-order valence-corrected chi connectivity index (χ1v) is 7.79. The van der Waals surface area contributed by atoms with E-state index in [4.69, 9.17) is 0 Å². The van der Waals surface area contributed by atoms with E-state index in [1.807, 2.05) is 18.4 Å². The van der Waals surface area contributed by atoms with E-state index in [-0.39, 0.29) is 11.3 Å². The fourth-order valence-electron chi connectivity index (χ4n) is 1.86. The monoisotopic (exact) mass is 304 g/mol. The first-order valence-electron chi connectivity index (χ1n) is 6.91. The van der Waals surface area contributed by atoms with E-state index in [0.717, 1.165) is 6.54 Å². The Morgan fingerprint density at radius 2 is 2.14 bits per heavy atom. The van der Waals surface area contributed by atoms with Crippen LogP contribution < -0.4 is 10.6 Å². The summed E-state index contributed by atoms with van der Waals surface area (Å²) in [6.07, 6.45) is 3.06. The summed E-state index contributed by atoms with van der Waals surface area (Å²) in [5.74, 6) is 0.475. The molecule has 2 heterocycles. The summed E-state index contributed by atoms with van der Waals surface area (Å²) in [5, 5.41) is 8.01. The van der Waals surface area contributed by atoms with E-state index < -0.39 is 0 Å². The van der Waals surface area contributed by atoms with Gasteiger partial charge in [0.2, 0.25) is 0 Å². The lowest BCUT2D eigenvalue weighted by atomic mass is 9.91. The van der Waals surface area contributed by atoms with Gasteiger partial charge in [-0.05, 0) is 18.4 Å². The molecule has 112 valence electrons. The first kappa shape index (κ1) is 15.4. The number of nitrogens with zero attached hydrogens (tertiary/aromatic N) is 2. The molecule has 0 aliphatic heterocycles. The van der Waals surface area contributed by atoms with Gasteiger partial charge < -0.3 is 10.6 Å². The molecule has 0 aromatic carbocycles. The minimum atomic E-state index is -0.199. The zero-order chi connectivity index (χ0) is 15.3. The average Bonchev–Trinajstić information content (AvgIpc) is 3.01. The van der Waals surface area contributed by atoms with Gasteiger partial charge in [0.05, 0.1) is 12.4 Å². The van der Waals surface area contributed by atoms with Crippen molar-refractivity contribution in [2.75, 3.05) is 18.4 Å². The maximum absolute atomic E-state index is 12.1. The van der Waals surface area contributed by atoms with Crippen molar-refractivity contribution in [1.82, 2.24) is 15.3 Å². The van der Waals surface area contributed by atoms with E-state index in [1.165, 1.54) is 11.1 Å². The second-order valence-corrected chi connectivity index (χ2v) is 6.31. The highest BCUT2D eigenvalue weighted by Crippen LogP contribution is 2.26. The van der Waals surface area contributed by atoms with Gasteiger partial charge in [-0.1, -0.05) is 19.9 Å². The highest BCUT2D eigenvalue weighted by Gasteiger charge is 2.23. The number of carbonyl (C=O) groups is 1. The van der Waals surface area contributed by atoms with Crippen molar-refractivity contribution in [2.24, 2.45) is 0 Å². The highest BCUT2D eigenvalue weighted by atomic mass is 32.1. The lowest BCUT2D eigenvalue weighted by Gasteiger charge is -2.23. The van der Waals surface area contributed by atoms with Crippen LogP contribution in [0.25, 0.3) is 0 Å². The standard InChI is InChI=1S/C15H20N4OS/c1-4-16-13-9-17-11(8-18-13)14(20)19-10-15(2,3)12-6-5-7-21-12/h5-9H,4,10H2,1-3H3,(H,16,18)(H,19,20). The van der Waals surface area contributed by atoms with Gasteiger partial charge in [-0.15, -0.1) is 11.3 Å². The largest absolute Gasteiger partial charge is 0.369 e. The average molecular weight is 304 g/mol. The lowest BCUT2D eigenvalue weighted by molar-refractivity contribution is 0.0940. The van der Waals surface area contributed by atoms with E-state index in [0.29, 0.717) is 18.1 Å². The summed E-state index contributed by atoms with van der Waals surface area (Å²) in [6, 6.07) is 4.11. The number of amides is 1. The number of thiophene rings is 1. The molecular weight excluding hydrogens is 284 g/mol. The van der Waals surface area contributed by atoms with Crippen LogP contribution in [0.1, 0.15) is 36.1 Å². The maximum Gasteiger partial charge on any atom is 0.271 e. The topological polar surface area (TPSA) is 66.9 Å². The molecule has 2 aromatic rings. The van der Waals surface area contributed by atoms with Gasteiger partial charge in [0.25, 0.3) is 5.91 Å². The van der Waals surface area contributed by atoms with Crippen molar-refractivity contribution >= 4 is 23.1 Å². The Morgan fingerprint density at radius 1 is 1.33 bits per heavy atom. The molecule has 1 amide bonds. The zero-order valence-electron chi connectivity index (χ0n) is 12.5. The SMILES string of the molecule is CCNc1cnc(C(=O)NCC(C)(C)c2cccs2)cn1. The Balaban J connectivity index is 1.95. The number of carbonyl (C=O) groups excluding carboxylic acids is 1. The molecule has 2 N–H and O–H groups in total. The summed E-state index contributed by atoms with van der Waals surface area (Å²) < 4.78 is 0. The molecule has 2 aromatic heterocycles. The van der Waals surface area contributed by atoms with Crippen LogP contribution in [0.4, 0.5) is 5.82 Å². The number of rotatable bonds is 6. The van der Waals surface area contributed by atoms with Crippen LogP contribution in [0.15, 0.2) is 29.9 Å². The molecule has 0 aliphatic carbocycles. The van der Waals surface area contributed by atoms with Gasteiger partial charge in [0, 0.05) is 23.4 Å². The third-order valence-electron chi connectivity index (χ3n) is 3.12. The van der Waals surface area contributed by atoms with Crippen LogP contribution in [-0.2, 0) is 5.41 Å². The third kappa shape index (κ3) is 4.01. The summed E-state index contributed by atoms with van der Waals surface area (Å²) in [7, 11) is 0. The molecular formula is C15H20N4OS. The fourth-order valence-corrected chi connectivity index (χ4v) is 2.71. The van der Waals surface area contributed by atoms with Gasteiger partial charge in [0.15, 0.2) is 0 Å². The predicted octanol–water partition coefficient (Wildman–Crippen LogP) is 2.68. The van der Waals surface area contributed by atoms with Crippen LogP contribution in [0.2, 0.25) is 0 Å². The second kappa shape index (κ2) is 6.67. The molecule has 0 atom stereocenters. The van der Waals surface area contributed by atoms with Gasteiger partial charge in [-0.25, -0.2) is 9.97 Å². The molecule has 0 bridgehead atoms. The number of hydrogen-bond donors (Lipinski definition) is 2. The van der Waals surface area contributed by atoms with E-state index in [1.54, 1.807) is 17.5 Å². The maximum atomic E-state index is 12.1. The van der Waals surface area contributed by atoms with Crippen molar-refractivity contribution in [3.8, 4) is 0 Å². The Hall–Kier alpha value is -1.95. The van der Waals surface area contributed by atoms with Crippen molar-refractivity contribution in [3.05, 3.63) is 40.5 Å². The number of aromatic nitrogens is 2. The summed E-state index contributed by atoms with van der Waals surface area (Å²) in [6.45, 7) is 7.53. The molecule has 6 heteroatoms. The highest BCUT2D eigenvalue weighted by molar-refractivity contribution is 7.10.